The SMILES string of the molecule is CCC(C(=O)OCc1ccccc1)=C1CN2C(=O)CC2O1. The molecule has 0 aliphatic carbocycles. The molecule has 2 aliphatic heterocycles. The topological polar surface area (TPSA) is 55.8 Å². The first-order valence-corrected chi connectivity index (χ1v) is 7.08. The van der Waals surface area contributed by atoms with Gasteiger partial charge in [0.15, 0.2) is 6.23 Å². The van der Waals surface area contributed by atoms with E-state index in [1.165, 1.54) is 0 Å². The van der Waals surface area contributed by atoms with Crippen LogP contribution in [-0.2, 0) is 25.7 Å². The van der Waals surface area contributed by atoms with E-state index >= 15 is 0 Å². The van der Waals surface area contributed by atoms with Crippen molar-refractivity contribution in [1.82, 2.24) is 4.90 Å². The van der Waals surface area contributed by atoms with Crippen LogP contribution in [0.25, 0.3) is 0 Å². The molecule has 110 valence electrons. The molecule has 2 saturated heterocycles. The minimum atomic E-state index is -0.369. The summed E-state index contributed by atoms with van der Waals surface area (Å²) in [6.45, 7) is 2.50. The molecule has 1 aromatic rings. The molecule has 1 atom stereocenters. The van der Waals surface area contributed by atoms with Gasteiger partial charge in [-0.15, -0.1) is 0 Å². The second kappa shape index (κ2) is 5.60. The summed E-state index contributed by atoms with van der Waals surface area (Å²) in [7, 11) is 0. The Hall–Kier alpha value is -2.30. The van der Waals surface area contributed by atoms with Crippen LogP contribution in [0.2, 0.25) is 0 Å². The number of rotatable bonds is 4. The van der Waals surface area contributed by atoms with Gasteiger partial charge in [-0.05, 0) is 12.0 Å². The molecule has 5 nitrogen and oxygen atoms in total. The Labute approximate surface area is 123 Å². The average molecular weight is 287 g/mol. The van der Waals surface area contributed by atoms with Gasteiger partial charge in [0.05, 0.1) is 18.5 Å². The van der Waals surface area contributed by atoms with Crippen molar-refractivity contribution in [2.45, 2.75) is 32.6 Å². The molecular weight excluding hydrogens is 270 g/mol. The van der Waals surface area contributed by atoms with E-state index < -0.39 is 0 Å². The standard InChI is InChI=1S/C16H17NO4/c1-2-12(13-9-17-14(18)8-15(17)21-13)16(19)20-10-11-6-4-3-5-7-11/h3-7,15H,2,8-10H2,1H3. The Kier molecular flexibility index (Phi) is 3.64. The first-order chi connectivity index (χ1) is 10.2. The van der Waals surface area contributed by atoms with Crippen molar-refractivity contribution in [3.63, 3.8) is 0 Å². The summed E-state index contributed by atoms with van der Waals surface area (Å²) < 4.78 is 11.0. The summed E-state index contributed by atoms with van der Waals surface area (Å²) in [5, 5.41) is 0. The highest BCUT2D eigenvalue weighted by Crippen LogP contribution is 2.33. The van der Waals surface area contributed by atoms with Crippen LogP contribution < -0.4 is 0 Å². The summed E-state index contributed by atoms with van der Waals surface area (Å²) >= 11 is 0. The van der Waals surface area contributed by atoms with E-state index in [2.05, 4.69) is 0 Å². The largest absolute Gasteiger partial charge is 0.472 e. The zero-order valence-corrected chi connectivity index (χ0v) is 11.9. The molecule has 0 spiro atoms. The number of carbonyl (C=O) groups excluding carboxylic acids is 2. The van der Waals surface area contributed by atoms with Gasteiger partial charge in [-0.25, -0.2) is 4.79 Å². The zero-order chi connectivity index (χ0) is 14.8. The van der Waals surface area contributed by atoms with Crippen molar-refractivity contribution in [2.24, 2.45) is 0 Å². The van der Waals surface area contributed by atoms with Gasteiger partial charge in [0.2, 0.25) is 5.91 Å². The Morgan fingerprint density at radius 2 is 2.14 bits per heavy atom. The van der Waals surface area contributed by atoms with E-state index in [1.54, 1.807) is 4.90 Å². The molecule has 1 aromatic carbocycles. The van der Waals surface area contributed by atoms with Crippen molar-refractivity contribution in [1.29, 1.82) is 0 Å². The van der Waals surface area contributed by atoms with Crippen LogP contribution in [0.3, 0.4) is 0 Å². The number of benzene rings is 1. The summed E-state index contributed by atoms with van der Waals surface area (Å²) in [6.07, 6.45) is 0.744. The summed E-state index contributed by atoms with van der Waals surface area (Å²) in [5.74, 6) is 0.279. The molecule has 0 radical (unpaired) electrons. The quantitative estimate of drug-likeness (QED) is 0.483. The summed E-state index contributed by atoms with van der Waals surface area (Å²) in [4.78, 5) is 25.2. The highest BCUT2D eigenvalue weighted by atomic mass is 16.5. The van der Waals surface area contributed by atoms with Crippen LogP contribution in [0.1, 0.15) is 25.3 Å². The van der Waals surface area contributed by atoms with Gasteiger partial charge < -0.3 is 9.47 Å². The van der Waals surface area contributed by atoms with Gasteiger partial charge in [0, 0.05) is 0 Å². The number of carbonyl (C=O) groups is 2. The molecule has 3 rings (SSSR count). The molecule has 0 N–H and O–H groups in total. The Bertz CT molecular complexity index is 594. The van der Waals surface area contributed by atoms with E-state index in [4.69, 9.17) is 9.47 Å². The minimum Gasteiger partial charge on any atom is -0.472 e. The van der Waals surface area contributed by atoms with Crippen LogP contribution >= 0.6 is 0 Å². The normalized spacial score (nSPS) is 22.2. The number of hydrogen-bond donors (Lipinski definition) is 0. The Balaban J connectivity index is 1.66. The van der Waals surface area contributed by atoms with Crippen LogP contribution in [0.4, 0.5) is 0 Å². The van der Waals surface area contributed by atoms with Crippen LogP contribution in [-0.4, -0.2) is 29.5 Å². The smallest absolute Gasteiger partial charge is 0.337 e. The summed E-state index contributed by atoms with van der Waals surface area (Å²) in [6, 6.07) is 9.53. The molecule has 1 amide bonds. The predicted molar refractivity (Wildman–Crippen MR) is 74.8 cm³/mol. The molecule has 0 aromatic heterocycles. The number of ether oxygens (including phenoxy) is 2. The highest BCUT2D eigenvalue weighted by Gasteiger charge is 2.45. The molecule has 0 saturated carbocycles. The van der Waals surface area contributed by atoms with Crippen molar-refractivity contribution in [3.8, 4) is 0 Å². The number of fused-ring (bicyclic) bond motifs is 1. The van der Waals surface area contributed by atoms with E-state index in [0.717, 1.165) is 5.56 Å². The third-order valence-electron chi connectivity index (χ3n) is 3.76. The lowest BCUT2D eigenvalue weighted by molar-refractivity contribution is -0.154. The second-order valence-corrected chi connectivity index (χ2v) is 5.12. The molecular formula is C16H17NO4. The lowest BCUT2D eigenvalue weighted by Crippen LogP contribution is -2.48. The molecule has 21 heavy (non-hydrogen) atoms. The maximum Gasteiger partial charge on any atom is 0.337 e. The monoisotopic (exact) mass is 287 g/mol. The molecule has 1 unspecified atom stereocenters. The predicted octanol–water partition coefficient (Wildman–Crippen LogP) is 1.98. The number of esters is 1. The van der Waals surface area contributed by atoms with E-state index in [9.17, 15) is 9.59 Å². The minimum absolute atomic E-state index is 0.0723. The molecule has 2 heterocycles. The van der Waals surface area contributed by atoms with Gasteiger partial charge in [0.1, 0.15) is 12.4 Å². The molecule has 5 heteroatoms. The lowest BCUT2D eigenvalue weighted by atomic mass is 10.1. The number of nitrogens with zero attached hydrogens (tertiary/aromatic N) is 1. The van der Waals surface area contributed by atoms with Crippen LogP contribution in [0.5, 0.6) is 0 Å². The van der Waals surface area contributed by atoms with Gasteiger partial charge in [0.25, 0.3) is 0 Å². The van der Waals surface area contributed by atoms with Crippen molar-refractivity contribution in [2.75, 3.05) is 6.54 Å². The van der Waals surface area contributed by atoms with Crippen molar-refractivity contribution >= 4 is 11.9 Å². The Morgan fingerprint density at radius 1 is 1.38 bits per heavy atom. The zero-order valence-electron chi connectivity index (χ0n) is 11.9. The van der Waals surface area contributed by atoms with Gasteiger partial charge in [-0.2, -0.15) is 0 Å². The van der Waals surface area contributed by atoms with Crippen molar-refractivity contribution < 1.29 is 19.1 Å². The van der Waals surface area contributed by atoms with Gasteiger partial charge >= 0.3 is 5.97 Å². The number of amides is 1. The Morgan fingerprint density at radius 3 is 2.76 bits per heavy atom. The molecule has 2 fully saturated rings. The van der Waals surface area contributed by atoms with E-state index in [1.807, 2.05) is 37.3 Å². The maximum absolute atomic E-state index is 12.2. The average Bonchev–Trinajstić information content (AvgIpc) is 2.84. The second-order valence-electron chi connectivity index (χ2n) is 5.12. The van der Waals surface area contributed by atoms with Gasteiger partial charge in [-0.3, -0.25) is 9.69 Å². The lowest BCUT2D eigenvalue weighted by Gasteiger charge is -2.30. The van der Waals surface area contributed by atoms with Crippen LogP contribution in [0, 0.1) is 0 Å². The van der Waals surface area contributed by atoms with Crippen molar-refractivity contribution in [3.05, 3.63) is 47.2 Å². The highest BCUT2D eigenvalue weighted by molar-refractivity contribution is 5.90. The number of hydrogen-bond acceptors (Lipinski definition) is 4. The maximum atomic E-state index is 12.2. The third-order valence-corrected chi connectivity index (χ3v) is 3.76. The molecule has 0 bridgehead atoms. The first-order valence-electron chi connectivity index (χ1n) is 7.08. The van der Waals surface area contributed by atoms with Gasteiger partial charge in [-0.1, -0.05) is 37.3 Å². The van der Waals surface area contributed by atoms with E-state index in [-0.39, 0.29) is 24.7 Å². The fourth-order valence-corrected chi connectivity index (χ4v) is 2.51. The summed E-state index contributed by atoms with van der Waals surface area (Å²) in [5.41, 5.74) is 1.46. The number of β-lactam (4-membered cyclic amide) rings is 1. The molecule has 2 aliphatic rings. The third kappa shape index (κ3) is 2.63. The van der Waals surface area contributed by atoms with E-state index in [0.29, 0.717) is 30.7 Å². The fourth-order valence-electron chi connectivity index (χ4n) is 2.51. The fraction of sp³-hybridized carbons (Fsp3) is 0.375. The first kappa shape index (κ1) is 13.7. The van der Waals surface area contributed by atoms with Crippen LogP contribution in [0.15, 0.2) is 41.7 Å².